The van der Waals surface area contributed by atoms with Gasteiger partial charge in [-0.2, -0.15) is 0 Å². The Hall–Kier alpha value is -2.03. The Morgan fingerprint density at radius 3 is 2.30 bits per heavy atom. The van der Waals surface area contributed by atoms with Crippen molar-refractivity contribution in [2.24, 2.45) is 5.92 Å². The summed E-state index contributed by atoms with van der Waals surface area (Å²) in [6.45, 7) is 6.00. The minimum atomic E-state index is 0.0372. The van der Waals surface area contributed by atoms with E-state index < -0.39 is 0 Å². The summed E-state index contributed by atoms with van der Waals surface area (Å²) in [5.74, 6) is 0.186. The van der Waals surface area contributed by atoms with Crippen molar-refractivity contribution in [3.8, 4) is 5.69 Å². The Morgan fingerprint density at radius 2 is 1.75 bits per heavy atom. The number of benzene rings is 1. The van der Waals surface area contributed by atoms with Crippen LogP contribution in [0.4, 0.5) is 0 Å². The molecule has 0 spiro atoms. The summed E-state index contributed by atoms with van der Waals surface area (Å²) in [5.41, 5.74) is 2.25. The van der Waals surface area contributed by atoms with E-state index in [2.05, 4.69) is 34.1 Å². The van der Waals surface area contributed by atoms with Crippen LogP contribution >= 0.6 is 0 Å². The second-order valence-corrected chi connectivity index (χ2v) is 5.22. The van der Waals surface area contributed by atoms with Crippen LogP contribution in [0, 0.1) is 5.92 Å². The van der Waals surface area contributed by atoms with E-state index in [0.29, 0.717) is 0 Å². The van der Waals surface area contributed by atoms with E-state index in [1.807, 2.05) is 45.3 Å². The van der Waals surface area contributed by atoms with Gasteiger partial charge in [0.2, 0.25) is 5.91 Å². The van der Waals surface area contributed by atoms with Crippen molar-refractivity contribution in [1.82, 2.24) is 9.88 Å². The van der Waals surface area contributed by atoms with Gasteiger partial charge in [0.15, 0.2) is 0 Å². The molecule has 2 rings (SSSR count). The summed E-state index contributed by atoms with van der Waals surface area (Å²) in [6.07, 6.45) is 4.90. The molecule has 0 radical (unpaired) electrons. The number of rotatable bonds is 5. The fraction of sp³-hybridized carbons (Fsp3) is 0.353. The fourth-order valence-electron chi connectivity index (χ4n) is 2.07. The monoisotopic (exact) mass is 270 g/mol. The molecule has 1 N–H and O–H groups in total. The van der Waals surface area contributed by atoms with E-state index in [1.165, 1.54) is 0 Å². The van der Waals surface area contributed by atoms with E-state index in [0.717, 1.165) is 17.7 Å². The van der Waals surface area contributed by atoms with Gasteiger partial charge < -0.3 is 9.88 Å². The number of nitrogens with one attached hydrogen (secondary N) is 1. The minimum absolute atomic E-state index is 0.0372. The van der Waals surface area contributed by atoms with Crippen LogP contribution in [-0.4, -0.2) is 10.5 Å². The molecule has 1 heterocycles. The van der Waals surface area contributed by atoms with Crippen LogP contribution in [0.5, 0.6) is 0 Å². The van der Waals surface area contributed by atoms with Crippen LogP contribution in [0.15, 0.2) is 48.8 Å². The molecule has 0 aliphatic heterocycles. The molecule has 0 aliphatic rings. The lowest BCUT2D eigenvalue weighted by Crippen LogP contribution is -2.31. The molecule has 106 valence electrons. The average Bonchev–Trinajstić information content (AvgIpc) is 3.00. The number of amides is 1. The van der Waals surface area contributed by atoms with Gasteiger partial charge in [0, 0.05) is 24.0 Å². The van der Waals surface area contributed by atoms with Crippen molar-refractivity contribution in [3.05, 3.63) is 54.4 Å². The van der Waals surface area contributed by atoms with Crippen molar-refractivity contribution >= 4 is 5.91 Å². The third-order valence-corrected chi connectivity index (χ3v) is 3.71. The summed E-state index contributed by atoms with van der Waals surface area (Å²) >= 11 is 0. The fourth-order valence-corrected chi connectivity index (χ4v) is 2.07. The molecule has 0 bridgehead atoms. The van der Waals surface area contributed by atoms with Crippen LogP contribution in [-0.2, 0) is 4.79 Å². The lowest BCUT2D eigenvalue weighted by molar-refractivity contribution is -0.125. The maximum atomic E-state index is 11.9. The summed E-state index contributed by atoms with van der Waals surface area (Å²) in [5, 5.41) is 3.06. The molecule has 1 aromatic heterocycles. The SMILES string of the molecule is CC[C@H](C)C(=O)N[C@@H](C)c1ccc(-n2cccc2)cc1. The topological polar surface area (TPSA) is 34.0 Å². The molecule has 0 saturated carbocycles. The molecule has 1 amide bonds. The highest BCUT2D eigenvalue weighted by atomic mass is 16.1. The van der Waals surface area contributed by atoms with Crippen molar-refractivity contribution in [3.63, 3.8) is 0 Å². The first kappa shape index (κ1) is 14.4. The number of carbonyl (C=O) groups excluding carboxylic acids is 1. The summed E-state index contributed by atoms with van der Waals surface area (Å²) in [7, 11) is 0. The maximum absolute atomic E-state index is 11.9. The quantitative estimate of drug-likeness (QED) is 0.883. The van der Waals surface area contributed by atoms with Gasteiger partial charge in [0.05, 0.1) is 6.04 Å². The lowest BCUT2D eigenvalue weighted by Gasteiger charge is -2.17. The van der Waals surface area contributed by atoms with E-state index in [1.54, 1.807) is 0 Å². The molecule has 0 unspecified atom stereocenters. The summed E-state index contributed by atoms with van der Waals surface area (Å²) in [6, 6.07) is 12.3. The van der Waals surface area contributed by atoms with Gasteiger partial charge in [0.25, 0.3) is 0 Å². The first-order valence-corrected chi connectivity index (χ1v) is 7.15. The van der Waals surface area contributed by atoms with E-state index in [-0.39, 0.29) is 17.9 Å². The molecule has 0 saturated heterocycles. The molecular formula is C17H22N2O. The third kappa shape index (κ3) is 3.29. The van der Waals surface area contributed by atoms with E-state index >= 15 is 0 Å². The summed E-state index contributed by atoms with van der Waals surface area (Å²) in [4.78, 5) is 11.9. The second-order valence-electron chi connectivity index (χ2n) is 5.22. The average molecular weight is 270 g/mol. The van der Waals surface area contributed by atoms with Gasteiger partial charge in [-0.3, -0.25) is 4.79 Å². The lowest BCUT2D eigenvalue weighted by atomic mass is 10.0. The molecule has 0 aliphatic carbocycles. The number of hydrogen-bond donors (Lipinski definition) is 1. The van der Waals surface area contributed by atoms with Gasteiger partial charge in [-0.25, -0.2) is 0 Å². The first-order valence-electron chi connectivity index (χ1n) is 7.15. The molecule has 3 heteroatoms. The Bertz CT molecular complexity index is 543. The first-order chi connectivity index (χ1) is 9.61. The van der Waals surface area contributed by atoms with Gasteiger partial charge in [0.1, 0.15) is 0 Å². The van der Waals surface area contributed by atoms with Crippen LogP contribution in [0.25, 0.3) is 5.69 Å². The molecule has 2 aromatic rings. The van der Waals surface area contributed by atoms with Crippen molar-refractivity contribution in [2.75, 3.05) is 0 Å². The molecule has 2 atom stereocenters. The largest absolute Gasteiger partial charge is 0.349 e. The minimum Gasteiger partial charge on any atom is -0.349 e. The molecule has 3 nitrogen and oxygen atoms in total. The van der Waals surface area contributed by atoms with Gasteiger partial charge in [-0.1, -0.05) is 26.0 Å². The highest BCUT2D eigenvalue weighted by Crippen LogP contribution is 2.16. The molecule has 20 heavy (non-hydrogen) atoms. The zero-order valence-corrected chi connectivity index (χ0v) is 12.3. The molecular weight excluding hydrogens is 248 g/mol. The van der Waals surface area contributed by atoms with Gasteiger partial charge in [-0.15, -0.1) is 0 Å². The standard InChI is InChI=1S/C17H22N2O/c1-4-13(2)17(20)18-14(3)15-7-9-16(10-8-15)19-11-5-6-12-19/h5-14H,4H2,1-3H3,(H,18,20)/t13-,14-/m0/s1. The number of nitrogens with zero attached hydrogens (tertiary/aromatic N) is 1. The predicted octanol–water partition coefficient (Wildman–Crippen LogP) is 3.70. The Kier molecular flexibility index (Phi) is 4.61. The highest BCUT2D eigenvalue weighted by molar-refractivity contribution is 5.78. The third-order valence-electron chi connectivity index (χ3n) is 3.71. The zero-order valence-electron chi connectivity index (χ0n) is 12.3. The Balaban J connectivity index is 2.04. The van der Waals surface area contributed by atoms with Crippen LogP contribution < -0.4 is 5.32 Å². The Labute approximate surface area is 120 Å². The van der Waals surface area contributed by atoms with Crippen LogP contribution in [0.3, 0.4) is 0 Å². The maximum Gasteiger partial charge on any atom is 0.223 e. The van der Waals surface area contributed by atoms with Gasteiger partial charge >= 0.3 is 0 Å². The van der Waals surface area contributed by atoms with Crippen molar-refractivity contribution < 1.29 is 4.79 Å². The number of hydrogen-bond acceptors (Lipinski definition) is 1. The number of aromatic nitrogens is 1. The zero-order chi connectivity index (χ0) is 14.5. The highest BCUT2D eigenvalue weighted by Gasteiger charge is 2.14. The van der Waals surface area contributed by atoms with Crippen molar-refractivity contribution in [1.29, 1.82) is 0 Å². The van der Waals surface area contributed by atoms with E-state index in [9.17, 15) is 4.79 Å². The molecule has 1 aromatic carbocycles. The molecule has 0 fully saturated rings. The van der Waals surface area contributed by atoms with E-state index in [4.69, 9.17) is 0 Å². The number of carbonyl (C=O) groups is 1. The summed E-state index contributed by atoms with van der Waals surface area (Å²) < 4.78 is 2.06. The van der Waals surface area contributed by atoms with Crippen LogP contribution in [0.1, 0.15) is 38.8 Å². The Morgan fingerprint density at radius 1 is 1.15 bits per heavy atom. The predicted molar refractivity (Wildman–Crippen MR) is 81.8 cm³/mol. The normalized spacial score (nSPS) is 13.8. The second kappa shape index (κ2) is 6.42. The smallest absolute Gasteiger partial charge is 0.223 e. The van der Waals surface area contributed by atoms with Crippen molar-refractivity contribution in [2.45, 2.75) is 33.2 Å². The van der Waals surface area contributed by atoms with Crippen LogP contribution in [0.2, 0.25) is 0 Å². The van der Waals surface area contributed by atoms with Gasteiger partial charge in [-0.05, 0) is 43.2 Å².